The van der Waals surface area contributed by atoms with E-state index in [0.717, 1.165) is 17.3 Å². The molecule has 0 radical (unpaired) electrons. The lowest BCUT2D eigenvalue weighted by Gasteiger charge is -2.03. The number of phenolic OH excluding ortho intramolecular Hbond substituents is 1. The average Bonchev–Trinajstić information content (AvgIpc) is 3.32. The first-order chi connectivity index (χ1) is 14.4. The lowest BCUT2D eigenvalue weighted by Crippen LogP contribution is -2.19. The summed E-state index contributed by atoms with van der Waals surface area (Å²) in [7, 11) is 0. The molecule has 9 heteroatoms. The standard InChI is InChI=1S/C21H15N3O5S/c1-12-5-4-8-16(25)19(12)22-21-23-20(26)18(30-21)11-13-9-10-17(29-13)14-6-2-3-7-15(14)24(27)28/h2-11,25H,1H3,(H,22,23,26)/b18-11+. The lowest BCUT2D eigenvalue weighted by molar-refractivity contribution is -0.384. The van der Waals surface area contributed by atoms with Crippen molar-refractivity contribution in [3.05, 3.63) is 80.9 Å². The fourth-order valence-corrected chi connectivity index (χ4v) is 3.72. The van der Waals surface area contributed by atoms with Crippen LogP contribution in [0.25, 0.3) is 17.4 Å². The van der Waals surface area contributed by atoms with E-state index in [1.807, 2.05) is 13.0 Å². The molecule has 1 aromatic heterocycles. The first-order valence-corrected chi connectivity index (χ1v) is 9.66. The molecule has 0 aliphatic carbocycles. The van der Waals surface area contributed by atoms with Gasteiger partial charge in [0.05, 0.1) is 15.4 Å². The highest BCUT2D eigenvalue weighted by Gasteiger charge is 2.25. The minimum absolute atomic E-state index is 0.0231. The van der Waals surface area contributed by atoms with Crippen LogP contribution in [0.3, 0.4) is 0 Å². The largest absolute Gasteiger partial charge is 0.506 e. The number of amidine groups is 1. The Morgan fingerprint density at radius 1 is 1.17 bits per heavy atom. The first-order valence-electron chi connectivity index (χ1n) is 8.84. The van der Waals surface area contributed by atoms with E-state index in [1.165, 1.54) is 12.1 Å². The van der Waals surface area contributed by atoms with Gasteiger partial charge in [0.25, 0.3) is 11.6 Å². The van der Waals surface area contributed by atoms with Gasteiger partial charge in [-0.25, -0.2) is 4.99 Å². The Hall–Kier alpha value is -3.85. The number of hydrogen-bond donors (Lipinski definition) is 2. The highest BCUT2D eigenvalue weighted by molar-refractivity contribution is 8.18. The summed E-state index contributed by atoms with van der Waals surface area (Å²) >= 11 is 1.11. The quantitative estimate of drug-likeness (QED) is 0.356. The van der Waals surface area contributed by atoms with Crippen molar-refractivity contribution in [2.24, 2.45) is 4.99 Å². The van der Waals surface area contributed by atoms with Crippen molar-refractivity contribution in [3.8, 4) is 17.1 Å². The van der Waals surface area contributed by atoms with Gasteiger partial charge < -0.3 is 14.8 Å². The minimum Gasteiger partial charge on any atom is -0.506 e. The van der Waals surface area contributed by atoms with Crippen LogP contribution < -0.4 is 5.32 Å². The number of aryl methyl sites for hydroxylation is 1. The maximum absolute atomic E-state index is 12.3. The minimum atomic E-state index is -0.472. The Kier molecular flexibility index (Phi) is 5.11. The van der Waals surface area contributed by atoms with Crippen molar-refractivity contribution in [2.45, 2.75) is 6.92 Å². The summed E-state index contributed by atoms with van der Waals surface area (Å²) in [6, 6.07) is 14.6. The Morgan fingerprint density at radius 2 is 1.97 bits per heavy atom. The molecule has 0 spiro atoms. The molecule has 1 aliphatic heterocycles. The van der Waals surface area contributed by atoms with E-state index in [1.54, 1.807) is 42.5 Å². The van der Waals surface area contributed by atoms with Crippen molar-refractivity contribution in [1.29, 1.82) is 0 Å². The smallest absolute Gasteiger partial charge is 0.280 e. The molecule has 2 N–H and O–H groups in total. The van der Waals surface area contributed by atoms with Gasteiger partial charge in [-0.2, -0.15) is 0 Å². The molecule has 0 atom stereocenters. The number of carbonyl (C=O) groups excluding carboxylic acids is 1. The van der Waals surface area contributed by atoms with Gasteiger partial charge in [0.15, 0.2) is 5.17 Å². The normalized spacial score (nSPS) is 16.2. The highest BCUT2D eigenvalue weighted by Crippen LogP contribution is 2.35. The molecule has 4 rings (SSSR count). The molecule has 150 valence electrons. The number of phenols is 1. The van der Waals surface area contributed by atoms with Crippen molar-refractivity contribution in [2.75, 3.05) is 0 Å². The summed E-state index contributed by atoms with van der Waals surface area (Å²) in [5.74, 6) is 0.377. The van der Waals surface area contributed by atoms with Crippen molar-refractivity contribution >= 4 is 40.3 Å². The zero-order chi connectivity index (χ0) is 21.3. The molecular weight excluding hydrogens is 406 g/mol. The predicted molar refractivity (Wildman–Crippen MR) is 114 cm³/mol. The van der Waals surface area contributed by atoms with Crippen molar-refractivity contribution in [3.63, 3.8) is 0 Å². The third-order valence-corrected chi connectivity index (χ3v) is 5.26. The molecule has 1 saturated heterocycles. The van der Waals surface area contributed by atoms with Crippen LogP contribution in [0.1, 0.15) is 11.3 Å². The molecule has 2 aromatic carbocycles. The number of nitrogens with one attached hydrogen (secondary N) is 1. The van der Waals surface area contributed by atoms with Crippen molar-refractivity contribution < 1.29 is 19.2 Å². The zero-order valence-corrected chi connectivity index (χ0v) is 16.5. The second-order valence-electron chi connectivity index (χ2n) is 6.40. The van der Waals surface area contributed by atoms with Gasteiger partial charge in [0.1, 0.15) is 23.0 Å². The monoisotopic (exact) mass is 421 g/mol. The van der Waals surface area contributed by atoms with E-state index in [0.29, 0.717) is 32.8 Å². The number of rotatable bonds is 4. The van der Waals surface area contributed by atoms with Gasteiger partial charge in [0, 0.05) is 12.1 Å². The number of nitro groups is 1. The summed E-state index contributed by atoms with van der Waals surface area (Å²) in [6.45, 7) is 1.81. The number of aromatic hydroxyl groups is 1. The van der Waals surface area contributed by atoms with Gasteiger partial charge in [-0.15, -0.1) is 0 Å². The van der Waals surface area contributed by atoms with Crippen LogP contribution in [0.15, 0.2) is 68.9 Å². The fourth-order valence-electron chi connectivity index (χ4n) is 2.92. The number of furan rings is 1. The molecule has 0 unspecified atom stereocenters. The number of nitro benzene ring substituents is 1. The SMILES string of the molecule is Cc1cccc(O)c1N=C1NC(=O)/C(=C\c2ccc(-c3ccccc3[N+](=O)[O-])o2)S1. The Labute approximate surface area is 175 Å². The number of amides is 1. The maximum Gasteiger partial charge on any atom is 0.280 e. The molecule has 2 heterocycles. The molecular formula is C21H15N3O5S. The molecule has 1 fully saturated rings. The van der Waals surface area contributed by atoms with Gasteiger partial charge >= 0.3 is 0 Å². The van der Waals surface area contributed by atoms with E-state index < -0.39 is 4.92 Å². The zero-order valence-electron chi connectivity index (χ0n) is 15.7. The van der Waals surface area contributed by atoms with Crippen LogP contribution in [0, 0.1) is 17.0 Å². The number of aliphatic imine (C=N–C) groups is 1. The van der Waals surface area contributed by atoms with E-state index in [4.69, 9.17) is 4.42 Å². The molecule has 0 bridgehead atoms. The third kappa shape index (κ3) is 3.83. The second-order valence-corrected chi connectivity index (χ2v) is 7.43. The molecule has 8 nitrogen and oxygen atoms in total. The Bertz CT molecular complexity index is 1210. The van der Waals surface area contributed by atoms with Gasteiger partial charge in [-0.05, 0) is 48.5 Å². The number of nitrogens with zero attached hydrogens (tertiary/aromatic N) is 2. The van der Waals surface area contributed by atoms with Crippen LogP contribution >= 0.6 is 11.8 Å². The molecule has 1 aliphatic rings. The lowest BCUT2D eigenvalue weighted by atomic mass is 10.1. The summed E-state index contributed by atoms with van der Waals surface area (Å²) < 4.78 is 5.71. The van der Waals surface area contributed by atoms with Gasteiger partial charge in [-0.1, -0.05) is 24.3 Å². The number of carbonyl (C=O) groups is 1. The van der Waals surface area contributed by atoms with E-state index in [9.17, 15) is 20.0 Å². The van der Waals surface area contributed by atoms with Crippen LogP contribution in [0.5, 0.6) is 5.75 Å². The summed E-state index contributed by atoms with van der Waals surface area (Å²) in [4.78, 5) is 27.7. The van der Waals surface area contributed by atoms with Crippen LogP contribution in [0.4, 0.5) is 11.4 Å². The first kappa shape index (κ1) is 19.5. The maximum atomic E-state index is 12.3. The number of thioether (sulfide) groups is 1. The van der Waals surface area contributed by atoms with Crippen LogP contribution in [-0.4, -0.2) is 21.1 Å². The Balaban J connectivity index is 1.61. The molecule has 0 saturated carbocycles. The summed E-state index contributed by atoms with van der Waals surface area (Å²) in [5, 5.41) is 24.2. The van der Waals surface area contributed by atoms with Crippen molar-refractivity contribution in [1.82, 2.24) is 5.32 Å². The van der Waals surface area contributed by atoms with Gasteiger partial charge in [0.2, 0.25) is 0 Å². The summed E-state index contributed by atoms with van der Waals surface area (Å²) in [6.07, 6.45) is 1.54. The second kappa shape index (κ2) is 7.88. The number of para-hydroxylation sites is 2. The predicted octanol–water partition coefficient (Wildman–Crippen LogP) is 4.76. The van der Waals surface area contributed by atoms with Crippen LogP contribution in [0.2, 0.25) is 0 Å². The summed E-state index contributed by atoms with van der Waals surface area (Å²) in [5.41, 5.74) is 1.45. The Morgan fingerprint density at radius 3 is 2.73 bits per heavy atom. The van der Waals surface area contributed by atoms with Crippen LogP contribution in [-0.2, 0) is 4.79 Å². The molecule has 3 aromatic rings. The topological polar surface area (TPSA) is 118 Å². The van der Waals surface area contributed by atoms with E-state index in [2.05, 4.69) is 10.3 Å². The molecule has 30 heavy (non-hydrogen) atoms. The highest BCUT2D eigenvalue weighted by atomic mass is 32.2. The number of benzene rings is 2. The fraction of sp³-hybridized carbons (Fsp3) is 0.0476. The number of hydrogen-bond acceptors (Lipinski definition) is 7. The third-order valence-electron chi connectivity index (χ3n) is 4.35. The average molecular weight is 421 g/mol. The van der Waals surface area contributed by atoms with E-state index >= 15 is 0 Å². The van der Waals surface area contributed by atoms with E-state index in [-0.39, 0.29) is 17.3 Å². The van der Waals surface area contributed by atoms with Gasteiger partial charge in [-0.3, -0.25) is 14.9 Å². The molecule has 1 amide bonds.